The second-order valence-electron chi connectivity index (χ2n) is 7.90. The highest BCUT2D eigenvalue weighted by Crippen LogP contribution is 2.23. The number of nitrogens with zero attached hydrogens (tertiary/aromatic N) is 1. The normalized spacial score (nSPS) is 17.8. The summed E-state index contributed by atoms with van der Waals surface area (Å²) in [5.74, 6) is 0.405. The summed E-state index contributed by atoms with van der Waals surface area (Å²) in [4.78, 5) is 2.72. The number of benzene rings is 1. The van der Waals surface area contributed by atoms with E-state index in [1.165, 1.54) is 0 Å². The van der Waals surface area contributed by atoms with Crippen LogP contribution in [0.4, 0.5) is 0 Å². The van der Waals surface area contributed by atoms with Gasteiger partial charge in [-0.3, -0.25) is 0 Å². The quantitative estimate of drug-likeness (QED) is 0.804. The smallest absolute Gasteiger partial charge is 0.240 e. The molecule has 6 heteroatoms. The number of likely N-dealkylation sites (tertiary alicyclic amines) is 1. The Morgan fingerprint density at radius 1 is 1.16 bits per heavy atom. The molecule has 1 fully saturated rings. The van der Waals surface area contributed by atoms with Crippen LogP contribution in [0, 0.1) is 5.92 Å². The largest absolute Gasteiger partial charge is 0.383 e. The zero-order chi connectivity index (χ0) is 18.5. The van der Waals surface area contributed by atoms with Gasteiger partial charge in [0, 0.05) is 20.2 Å². The number of rotatable bonds is 7. The van der Waals surface area contributed by atoms with Crippen molar-refractivity contribution in [3.63, 3.8) is 0 Å². The summed E-state index contributed by atoms with van der Waals surface area (Å²) in [5, 5.41) is 0. The van der Waals surface area contributed by atoms with E-state index in [4.69, 9.17) is 4.74 Å². The van der Waals surface area contributed by atoms with Gasteiger partial charge in [0.05, 0.1) is 11.5 Å². The summed E-state index contributed by atoms with van der Waals surface area (Å²) in [7, 11) is -1.72. The molecule has 5 nitrogen and oxygen atoms in total. The minimum absolute atomic E-state index is 0.0203. The van der Waals surface area contributed by atoms with Gasteiger partial charge in [-0.2, -0.15) is 0 Å². The lowest BCUT2D eigenvalue weighted by Gasteiger charge is -2.31. The molecule has 1 saturated heterocycles. The van der Waals surface area contributed by atoms with Gasteiger partial charge >= 0.3 is 0 Å². The number of hydrogen-bond donors (Lipinski definition) is 1. The van der Waals surface area contributed by atoms with Crippen LogP contribution < -0.4 is 4.72 Å². The van der Waals surface area contributed by atoms with Gasteiger partial charge in [-0.05, 0) is 55.0 Å². The van der Waals surface area contributed by atoms with Crippen molar-refractivity contribution < 1.29 is 13.2 Å². The molecule has 1 aromatic carbocycles. The van der Waals surface area contributed by atoms with E-state index in [0.29, 0.717) is 17.4 Å². The van der Waals surface area contributed by atoms with E-state index in [1.807, 2.05) is 12.1 Å². The van der Waals surface area contributed by atoms with Crippen LogP contribution in [0.15, 0.2) is 29.2 Å². The second-order valence-corrected chi connectivity index (χ2v) is 9.67. The Bertz CT molecular complexity index is 628. The number of piperidine rings is 1. The summed E-state index contributed by atoms with van der Waals surface area (Å²) in [6, 6.07) is 7.22. The lowest BCUT2D eigenvalue weighted by atomic mass is 9.87. The molecule has 1 aliphatic heterocycles. The molecule has 1 heterocycles. The number of hydrogen-bond acceptors (Lipinski definition) is 4. The van der Waals surface area contributed by atoms with Crippen LogP contribution in [0.2, 0.25) is 0 Å². The first-order chi connectivity index (χ1) is 11.7. The van der Waals surface area contributed by atoms with Crippen molar-refractivity contribution in [1.82, 2.24) is 9.62 Å². The average Bonchev–Trinajstić information content (AvgIpc) is 2.58. The monoisotopic (exact) mass is 368 g/mol. The zero-order valence-electron chi connectivity index (χ0n) is 15.9. The first kappa shape index (κ1) is 20.4. The Hall–Kier alpha value is -0.950. The van der Waals surface area contributed by atoms with Crippen molar-refractivity contribution in [3.05, 3.63) is 29.8 Å². The van der Waals surface area contributed by atoms with Crippen molar-refractivity contribution >= 4 is 10.0 Å². The van der Waals surface area contributed by atoms with E-state index >= 15 is 0 Å². The fourth-order valence-electron chi connectivity index (χ4n) is 3.08. The fourth-order valence-corrected chi connectivity index (χ4v) is 4.20. The summed E-state index contributed by atoms with van der Waals surface area (Å²) in [6.07, 6.45) is 2.05. The summed E-state index contributed by atoms with van der Waals surface area (Å²) in [5.41, 5.74) is 1.15. The molecule has 0 amide bonds. The second kappa shape index (κ2) is 8.62. The first-order valence-electron chi connectivity index (χ1n) is 9.04. The summed E-state index contributed by atoms with van der Waals surface area (Å²) < 4.78 is 32.9. The predicted molar refractivity (Wildman–Crippen MR) is 101 cm³/mol. The topological polar surface area (TPSA) is 58.6 Å². The van der Waals surface area contributed by atoms with Crippen LogP contribution in [-0.2, 0) is 20.2 Å². The molecule has 0 bridgehead atoms. The molecule has 0 radical (unpaired) electrons. The van der Waals surface area contributed by atoms with E-state index in [1.54, 1.807) is 19.2 Å². The van der Waals surface area contributed by atoms with E-state index in [0.717, 1.165) is 44.6 Å². The van der Waals surface area contributed by atoms with E-state index < -0.39 is 10.0 Å². The summed E-state index contributed by atoms with van der Waals surface area (Å²) >= 11 is 0. The van der Waals surface area contributed by atoms with Crippen LogP contribution in [0.25, 0.3) is 0 Å². The van der Waals surface area contributed by atoms with Gasteiger partial charge in [0.2, 0.25) is 10.0 Å². The minimum Gasteiger partial charge on any atom is -0.383 e. The van der Waals surface area contributed by atoms with Crippen molar-refractivity contribution in [2.75, 3.05) is 39.9 Å². The van der Waals surface area contributed by atoms with Crippen LogP contribution in [0.5, 0.6) is 0 Å². The third-order valence-corrected chi connectivity index (χ3v) is 6.35. The highest BCUT2D eigenvalue weighted by molar-refractivity contribution is 7.89. The zero-order valence-corrected chi connectivity index (χ0v) is 16.7. The third kappa shape index (κ3) is 6.06. The number of nitrogens with one attached hydrogen (secondary N) is 1. The Morgan fingerprint density at radius 3 is 2.28 bits per heavy atom. The lowest BCUT2D eigenvalue weighted by Crippen LogP contribution is -2.39. The van der Waals surface area contributed by atoms with Crippen LogP contribution in [0.1, 0.15) is 39.2 Å². The van der Waals surface area contributed by atoms with Crippen molar-refractivity contribution in [2.45, 2.75) is 43.9 Å². The number of ether oxygens (including phenoxy) is 1. The Morgan fingerprint density at radius 2 is 1.76 bits per heavy atom. The van der Waals surface area contributed by atoms with Gasteiger partial charge in [-0.15, -0.1) is 0 Å². The molecule has 0 saturated carbocycles. The van der Waals surface area contributed by atoms with Gasteiger partial charge < -0.3 is 9.64 Å². The molecular weight excluding hydrogens is 336 g/mol. The molecule has 0 unspecified atom stereocenters. The van der Waals surface area contributed by atoms with Crippen molar-refractivity contribution in [2.24, 2.45) is 5.92 Å². The van der Waals surface area contributed by atoms with Crippen molar-refractivity contribution in [3.8, 4) is 0 Å². The molecule has 1 aromatic rings. The summed E-state index contributed by atoms with van der Waals surface area (Å²) in [6.45, 7) is 10.6. The van der Waals surface area contributed by atoms with Gasteiger partial charge in [0.1, 0.15) is 0 Å². The van der Waals surface area contributed by atoms with Gasteiger partial charge in [0.15, 0.2) is 0 Å². The molecule has 142 valence electrons. The molecule has 0 atom stereocenters. The maximum atomic E-state index is 12.5. The molecular formula is C19H32N2O3S. The Kier molecular flexibility index (Phi) is 7.02. The van der Waals surface area contributed by atoms with Gasteiger partial charge in [0.25, 0.3) is 0 Å². The van der Waals surface area contributed by atoms with E-state index in [2.05, 4.69) is 30.4 Å². The standard InChI is InChI=1S/C19H32N2O3S/c1-19(2,3)17-5-7-18(8-6-17)25(22,23)20-15-16-9-11-21(12-10-16)13-14-24-4/h5-8,16,20H,9-15H2,1-4H3. The molecule has 1 N–H and O–H groups in total. The molecule has 1 aliphatic rings. The third-order valence-electron chi connectivity index (χ3n) is 4.91. The van der Waals surface area contributed by atoms with E-state index in [9.17, 15) is 8.42 Å². The molecule has 0 spiro atoms. The Balaban J connectivity index is 1.86. The highest BCUT2D eigenvalue weighted by atomic mass is 32.2. The molecule has 25 heavy (non-hydrogen) atoms. The Labute approximate surface area is 152 Å². The van der Waals surface area contributed by atoms with Crippen molar-refractivity contribution in [1.29, 1.82) is 0 Å². The predicted octanol–water partition coefficient (Wildman–Crippen LogP) is 2.62. The maximum absolute atomic E-state index is 12.5. The lowest BCUT2D eigenvalue weighted by molar-refractivity contribution is 0.121. The molecule has 2 rings (SSSR count). The molecule has 0 aromatic heterocycles. The number of sulfonamides is 1. The maximum Gasteiger partial charge on any atom is 0.240 e. The fraction of sp³-hybridized carbons (Fsp3) is 0.684. The minimum atomic E-state index is -3.43. The van der Waals surface area contributed by atoms with Gasteiger partial charge in [-0.1, -0.05) is 32.9 Å². The average molecular weight is 369 g/mol. The van der Waals surface area contributed by atoms with Gasteiger partial charge in [-0.25, -0.2) is 13.1 Å². The van der Waals surface area contributed by atoms with Crippen LogP contribution in [-0.4, -0.2) is 53.2 Å². The number of methoxy groups -OCH3 is 1. The molecule has 0 aliphatic carbocycles. The SMILES string of the molecule is COCCN1CCC(CNS(=O)(=O)c2ccc(C(C)(C)C)cc2)CC1. The van der Waals surface area contributed by atoms with E-state index in [-0.39, 0.29) is 5.41 Å². The van der Waals surface area contributed by atoms with Crippen LogP contribution >= 0.6 is 0 Å². The first-order valence-corrected chi connectivity index (χ1v) is 10.5. The van der Waals surface area contributed by atoms with Crippen LogP contribution in [0.3, 0.4) is 0 Å². The highest BCUT2D eigenvalue weighted by Gasteiger charge is 2.22.